The number of rotatable bonds is 7. The van der Waals surface area contributed by atoms with E-state index in [0.29, 0.717) is 13.0 Å². The number of nitrogens with one attached hydrogen (secondary N) is 2. The molecule has 0 saturated heterocycles. The molecule has 124 valence electrons. The van der Waals surface area contributed by atoms with Gasteiger partial charge in [-0.1, -0.05) is 18.2 Å². The van der Waals surface area contributed by atoms with Crippen LogP contribution in [0.4, 0.5) is 4.79 Å². The molecular weight excluding hydrogens is 312 g/mol. The van der Waals surface area contributed by atoms with E-state index >= 15 is 0 Å². The van der Waals surface area contributed by atoms with E-state index in [4.69, 9.17) is 4.74 Å². The van der Waals surface area contributed by atoms with Crippen molar-refractivity contribution < 1.29 is 14.6 Å². The lowest BCUT2D eigenvalue weighted by molar-refractivity contribution is 0.0624. The van der Waals surface area contributed by atoms with Crippen molar-refractivity contribution in [2.75, 3.05) is 13.7 Å². The molecule has 0 aliphatic rings. The summed E-state index contributed by atoms with van der Waals surface area (Å²) in [7, 11) is 1.61. The first-order valence-corrected chi connectivity index (χ1v) is 8.26. The number of thiophene rings is 1. The van der Waals surface area contributed by atoms with Gasteiger partial charge >= 0.3 is 6.03 Å². The van der Waals surface area contributed by atoms with Crippen molar-refractivity contribution in [3.05, 3.63) is 52.2 Å². The van der Waals surface area contributed by atoms with Crippen molar-refractivity contribution >= 4 is 17.4 Å². The second-order valence-electron chi connectivity index (χ2n) is 5.64. The average molecular weight is 334 g/mol. The molecule has 0 radical (unpaired) electrons. The molecule has 0 spiro atoms. The predicted molar refractivity (Wildman–Crippen MR) is 91.9 cm³/mol. The summed E-state index contributed by atoms with van der Waals surface area (Å²) in [5.41, 5.74) is -0.0360. The molecule has 1 heterocycles. The third-order valence-corrected chi connectivity index (χ3v) is 4.25. The maximum Gasteiger partial charge on any atom is 0.315 e. The molecule has 2 amide bonds. The Balaban J connectivity index is 1.76. The van der Waals surface area contributed by atoms with Crippen LogP contribution in [0.1, 0.15) is 17.4 Å². The Bertz CT molecular complexity index is 609. The van der Waals surface area contributed by atoms with Gasteiger partial charge in [0.1, 0.15) is 5.75 Å². The van der Waals surface area contributed by atoms with Crippen LogP contribution >= 0.6 is 11.3 Å². The van der Waals surface area contributed by atoms with E-state index in [9.17, 15) is 9.90 Å². The third-order valence-electron chi connectivity index (χ3n) is 3.38. The van der Waals surface area contributed by atoms with Crippen molar-refractivity contribution in [2.24, 2.45) is 0 Å². The predicted octanol–water partition coefficient (Wildman–Crippen LogP) is 2.55. The largest absolute Gasteiger partial charge is 0.497 e. The Kier molecular flexibility index (Phi) is 6.01. The maximum absolute atomic E-state index is 11.8. The van der Waals surface area contributed by atoms with E-state index in [1.807, 2.05) is 41.8 Å². The van der Waals surface area contributed by atoms with Gasteiger partial charge in [0.25, 0.3) is 0 Å². The van der Waals surface area contributed by atoms with Gasteiger partial charge in [0.2, 0.25) is 0 Å². The first kappa shape index (κ1) is 17.3. The van der Waals surface area contributed by atoms with E-state index < -0.39 is 5.60 Å². The zero-order chi connectivity index (χ0) is 16.7. The molecule has 5 nitrogen and oxygen atoms in total. The first-order chi connectivity index (χ1) is 11.0. The van der Waals surface area contributed by atoms with Crippen molar-refractivity contribution in [2.45, 2.75) is 25.5 Å². The minimum Gasteiger partial charge on any atom is -0.497 e. The standard InChI is InChI=1S/C17H22N2O3S/c1-17(21,10-13-5-7-14(22-2)8-6-13)12-19-16(20)18-11-15-4-3-9-23-15/h3-9,21H,10-12H2,1-2H3,(H2,18,19,20)/t17-/m0/s1. The summed E-state index contributed by atoms with van der Waals surface area (Å²) >= 11 is 1.59. The number of urea groups is 1. The second kappa shape index (κ2) is 7.99. The third kappa shape index (κ3) is 5.92. The van der Waals surface area contributed by atoms with Crippen LogP contribution in [0.5, 0.6) is 5.75 Å². The lowest BCUT2D eigenvalue weighted by Crippen LogP contribution is -2.45. The lowest BCUT2D eigenvalue weighted by Gasteiger charge is -2.24. The molecule has 23 heavy (non-hydrogen) atoms. The highest BCUT2D eigenvalue weighted by Gasteiger charge is 2.21. The molecule has 6 heteroatoms. The van der Waals surface area contributed by atoms with Gasteiger partial charge in [0.05, 0.1) is 19.3 Å². The second-order valence-corrected chi connectivity index (χ2v) is 6.67. The quantitative estimate of drug-likeness (QED) is 0.729. The summed E-state index contributed by atoms with van der Waals surface area (Å²) in [6, 6.07) is 11.1. The van der Waals surface area contributed by atoms with Gasteiger partial charge in [0, 0.05) is 17.8 Å². The van der Waals surface area contributed by atoms with Crippen LogP contribution in [0.3, 0.4) is 0 Å². The fourth-order valence-electron chi connectivity index (χ4n) is 2.16. The van der Waals surface area contributed by atoms with Crippen LogP contribution in [0, 0.1) is 0 Å². The molecule has 1 aromatic carbocycles. The fourth-order valence-corrected chi connectivity index (χ4v) is 2.80. The zero-order valence-corrected chi connectivity index (χ0v) is 14.2. The van der Waals surface area contributed by atoms with Gasteiger partial charge in [0.15, 0.2) is 0 Å². The summed E-state index contributed by atoms with van der Waals surface area (Å²) in [6.45, 7) is 2.37. The minimum absolute atomic E-state index is 0.176. The van der Waals surface area contributed by atoms with Crippen molar-refractivity contribution in [3.63, 3.8) is 0 Å². The molecule has 2 rings (SSSR count). The average Bonchev–Trinajstić information content (AvgIpc) is 3.05. The van der Waals surface area contributed by atoms with E-state index in [1.54, 1.807) is 25.4 Å². The number of carbonyl (C=O) groups excluding carboxylic acids is 1. The van der Waals surface area contributed by atoms with Gasteiger partial charge in [-0.15, -0.1) is 11.3 Å². The molecule has 3 N–H and O–H groups in total. The highest BCUT2D eigenvalue weighted by Crippen LogP contribution is 2.16. The van der Waals surface area contributed by atoms with E-state index in [2.05, 4.69) is 10.6 Å². The van der Waals surface area contributed by atoms with Crippen molar-refractivity contribution in [3.8, 4) is 5.75 Å². The highest BCUT2D eigenvalue weighted by molar-refractivity contribution is 7.09. The van der Waals surface area contributed by atoms with Crippen LogP contribution in [0.2, 0.25) is 0 Å². The number of amides is 2. The number of hydrogen-bond acceptors (Lipinski definition) is 4. The molecule has 0 fully saturated rings. The maximum atomic E-state index is 11.8. The van der Waals surface area contributed by atoms with Crippen LogP contribution in [0.15, 0.2) is 41.8 Å². The van der Waals surface area contributed by atoms with Gasteiger partial charge in [-0.25, -0.2) is 4.79 Å². The van der Waals surface area contributed by atoms with Gasteiger partial charge in [-0.05, 0) is 36.1 Å². The van der Waals surface area contributed by atoms with Crippen LogP contribution in [-0.2, 0) is 13.0 Å². The summed E-state index contributed by atoms with van der Waals surface area (Å²) in [5.74, 6) is 0.777. The molecule has 2 aromatic rings. The number of carbonyl (C=O) groups is 1. The molecule has 0 aliphatic heterocycles. The van der Waals surface area contributed by atoms with Gasteiger partial charge in [-0.3, -0.25) is 0 Å². The van der Waals surface area contributed by atoms with Crippen LogP contribution < -0.4 is 15.4 Å². The molecule has 0 saturated carbocycles. The van der Waals surface area contributed by atoms with Crippen LogP contribution in [0.25, 0.3) is 0 Å². The molecule has 0 bridgehead atoms. The zero-order valence-electron chi connectivity index (χ0n) is 13.3. The molecule has 0 aliphatic carbocycles. The number of benzene rings is 1. The van der Waals surface area contributed by atoms with E-state index in [0.717, 1.165) is 16.2 Å². The van der Waals surface area contributed by atoms with E-state index in [1.165, 1.54) is 0 Å². The first-order valence-electron chi connectivity index (χ1n) is 7.38. The minimum atomic E-state index is -1.02. The summed E-state index contributed by atoms with van der Waals surface area (Å²) in [6.07, 6.45) is 0.447. The Labute approximate surface area is 140 Å². The lowest BCUT2D eigenvalue weighted by atomic mass is 9.96. The smallest absolute Gasteiger partial charge is 0.315 e. The summed E-state index contributed by atoms with van der Waals surface area (Å²) < 4.78 is 5.11. The van der Waals surface area contributed by atoms with Crippen molar-refractivity contribution in [1.29, 1.82) is 0 Å². The number of aliphatic hydroxyl groups is 1. The number of hydrogen-bond donors (Lipinski definition) is 3. The van der Waals surface area contributed by atoms with Crippen LogP contribution in [-0.4, -0.2) is 30.4 Å². The Morgan fingerprint density at radius 3 is 2.61 bits per heavy atom. The topological polar surface area (TPSA) is 70.6 Å². The molecule has 1 aromatic heterocycles. The normalized spacial score (nSPS) is 13.2. The van der Waals surface area contributed by atoms with Crippen molar-refractivity contribution in [1.82, 2.24) is 10.6 Å². The summed E-state index contributed by atoms with van der Waals surface area (Å²) in [4.78, 5) is 12.9. The highest BCUT2D eigenvalue weighted by atomic mass is 32.1. The Morgan fingerprint density at radius 1 is 1.26 bits per heavy atom. The SMILES string of the molecule is COc1ccc(C[C@](C)(O)CNC(=O)NCc2cccs2)cc1. The number of ether oxygens (including phenoxy) is 1. The molecular formula is C17H22N2O3S. The Hall–Kier alpha value is -2.05. The Morgan fingerprint density at radius 2 is 2.00 bits per heavy atom. The van der Waals surface area contributed by atoms with E-state index in [-0.39, 0.29) is 12.6 Å². The summed E-state index contributed by atoms with van der Waals surface area (Å²) in [5, 5.41) is 17.9. The fraction of sp³-hybridized carbons (Fsp3) is 0.353. The number of methoxy groups -OCH3 is 1. The monoisotopic (exact) mass is 334 g/mol. The molecule has 1 atom stereocenters. The van der Waals surface area contributed by atoms with Gasteiger partial charge in [-0.2, -0.15) is 0 Å². The molecule has 0 unspecified atom stereocenters. The van der Waals surface area contributed by atoms with Gasteiger partial charge < -0.3 is 20.5 Å².